The topological polar surface area (TPSA) is 12.9 Å². The molecule has 0 aliphatic carbocycles. The van der Waals surface area contributed by atoms with E-state index in [1.807, 2.05) is 42.0 Å². The molecule has 1 aliphatic heterocycles. The van der Waals surface area contributed by atoms with E-state index >= 15 is 0 Å². The predicted molar refractivity (Wildman–Crippen MR) is 188 cm³/mol. The van der Waals surface area contributed by atoms with Gasteiger partial charge in [-0.1, -0.05) is 108 Å². The second kappa shape index (κ2) is 10.4. The lowest BCUT2D eigenvalue weighted by molar-refractivity contribution is 1.16. The summed E-state index contributed by atoms with van der Waals surface area (Å²) < 4.78 is 0. The van der Waals surface area contributed by atoms with Crippen molar-refractivity contribution >= 4 is 55.8 Å². The molecule has 44 heavy (non-hydrogen) atoms. The first-order chi connectivity index (χ1) is 21.8. The monoisotopic (exact) mass is 595 g/mol. The molecular weight excluding hydrogens is 571 g/mol. The SMILES string of the molecule is c1cncc(-c2cc(-c3ccc4c(c3)Sc3ccccc3S4)cc(-c3ccc4c5ccccc5c5ccccc5c4c3)c2)c1. The molecule has 206 valence electrons. The van der Waals surface area contributed by atoms with Gasteiger partial charge in [-0.05, 0) is 115 Å². The zero-order valence-electron chi connectivity index (χ0n) is 23.7. The van der Waals surface area contributed by atoms with Crippen LogP contribution in [-0.2, 0) is 0 Å². The summed E-state index contributed by atoms with van der Waals surface area (Å²) in [5, 5.41) is 7.75. The average molecular weight is 596 g/mol. The van der Waals surface area contributed by atoms with Gasteiger partial charge in [0.2, 0.25) is 0 Å². The summed E-state index contributed by atoms with van der Waals surface area (Å²) in [6.45, 7) is 0. The second-order valence-electron chi connectivity index (χ2n) is 11.2. The molecule has 0 saturated carbocycles. The Morgan fingerprint density at radius 1 is 0.318 bits per heavy atom. The molecule has 9 rings (SSSR count). The van der Waals surface area contributed by atoms with Gasteiger partial charge in [0.1, 0.15) is 0 Å². The third kappa shape index (κ3) is 4.31. The first-order valence-corrected chi connectivity index (χ1v) is 16.4. The maximum Gasteiger partial charge on any atom is 0.0346 e. The fraction of sp³-hybridized carbons (Fsp3) is 0. The van der Waals surface area contributed by atoms with Crippen molar-refractivity contribution in [3.8, 4) is 33.4 Å². The molecule has 0 radical (unpaired) electrons. The number of pyridine rings is 1. The highest BCUT2D eigenvalue weighted by molar-refractivity contribution is 8.05. The van der Waals surface area contributed by atoms with Crippen LogP contribution >= 0.6 is 23.5 Å². The zero-order valence-corrected chi connectivity index (χ0v) is 25.3. The second-order valence-corrected chi connectivity index (χ2v) is 13.4. The quantitative estimate of drug-likeness (QED) is 0.189. The summed E-state index contributed by atoms with van der Waals surface area (Å²) in [6.07, 6.45) is 3.79. The summed E-state index contributed by atoms with van der Waals surface area (Å²) in [4.78, 5) is 9.72. The number of rotatable bonds is 3. The molecule has 0 spiro atoms. The van der Waals surface area contributed by atoms with Gasteiger partial charge in [-0.2, -0.15) is 0 Å². The molecule has 1 nitrogen and oxygen atoms in total. The number of aromatic nitrogens is 1. The smallest absolute Gasteiger partial charge is 0.0346 e. The van der Waals surface area contributed by atoms with Crippen LogP contribution in [0, 0.1) is 0 Å². The molecule has 0 N–H and O–H groups in total. The van der Waals surface area contributed by atoms with Crippen LogP contribution < -0.4 is 0 Å². The van der Waals surface area contributed by atoms with Gasteiger partial charge in [0.25, 0.3) is 0 Å². The molecule has 0 saturated heterocycles. The molecule has 7 aromatic carbocycles. The number of fused-ring (bicyclic) bond motifs is 8. The fourth-order valence-electron chi connectivity index (χ4n) is 6.46. The average Bonchev–Trinajstić information content (AvgIpc) is 3.10. The van der Waals surface area contributed by atoms with Gasteiger partial charge in [-0.3, -0.25) is 4.98 Å². The van der Waals surface area contributed by atoms with Crippen LogP contribution in [0.3, 0.4) is 0 Å². The first kappa shape index (κ1) is 25.6. The summed E-state index contributed by atoms with van der Waals surface area (Å²) in [6, 6.07) is 51.2. The molecule has 0 bridgehead atoms. The maximum absolute atomic E-state index is 4.44. The van der Waals surface area contributed by atoms with Crippen LogP contribution in [0.25, 0.3) is 65.7 Å². The Balaban J connectivity index is 1.23. The van der Waals surface area contributed by atoms with E-state index < -0.39 is 0 Å². The van der Waals surface area contributed by atoms with Gasteiger partial charge in [-0.25, -0.2) is 0 Å². The normalized spacial score (nSPS) is 12.4. The van der Waals surface area contributed by atoms with E-state index in [0.717, 1.165) is 5.56 Å². The van der Waals surface area contributed by atoms with Gasteiger partial charge < -0.3 is 0 Å². The molecule has 0 fully saturated rings. The summed E-state index contributed by atoms with van der Waals surface area (Å²) in [5.74, 6) is 0. The third-order valence-electron chi connectivity index (χ3n) is 8.57. The van der Waals surface area contributed by atoms with Gasteiger partial charge >= 0.3 is 0 Å². The predicted octanol–water partition coefficient (Wildman–Crippen LogP) is 12.2. The van der Waals surface area contributed by atoms with Crippen LogP contribution in [0.5, 0.6) is 0 Å². The standard InChI is InChI=1S/C41H25NS2/c1-2-11-34-32(9-1)33-10-3-4-12-35(33)37-23-26(15-17-36(34)37)29-20-30(22-31(21-29)28-8-7-19-42-25-28)27-16-18-40-41(24-27)44-39-14-6-5-13-38(39)43-40/h1-25H. The van der Waals surface area contributed by atoms with Crippen molar-refractivity contribution < 1.29 is 0 Å². The van der Waals surface area contributed by atoms with Crippen LogP contribution in [-0.4, -0.2) is 4.98 Å². The van der Waals surface area contributed by atoms with Gasteiger partial charge in [-0.15, -0.1) is 0 Å². The van der Waals surface area contributed by atoms with Gasteiger partial charge in [0.15, 0.2) is 0 Å². The molecule has 0 amide bonds. The highest BCUT2D eigenvalue weighted by Gasteiger charge is 2.18. The Bertz CT molecular complexity index is 2360. The Morgan fingerprint density at radius 2 is 0.818 bits per heavy atom. The Kier molecular flexibility index (Phi) is 6.07. The fourth-order valence-corrected chi connectivity index (χ4v) is 8.71. The van der Waals surface area contributed by atoms with Gasteiger partial charge in [0, 0.05) is 37.5 Å². The van der Waals surface area contributed by atoms with E-state index in [9.17, 15) is 0 Å². The van der Waals surface area contributed by atoms with Gasteiger partial charge in [0.05, 0.1) is 0 Å². The van der Waals surface area contributed by atoms with Crippen LogP contribution in [0.15, 0.2) is 172 Å². The molecular formula is C41H25NS2. The lowest BCUT2D eigenvalue weighted by atomic mass is 9.90. The largest absolute Gasteiger partial charge is 0.264 e. The Morgan fingerprint density at radius 3 is 1.45 bits per heavy atom. The summed E-state index contributed by atoms with van der Waals surface area (Å²) in [7, 11) is 0. The Labute approximate surface area is 264 Å². The lowest BCUT2D eigenvalue weighted by Crippen LogP contribution is -1.91. The van der Waals surface area contributed by atoms with Crippen LogP contribution in [0.2, 0.25) is 0 Å². The molecule has 0 atom stereocenters. The number of hydrogen-bond donors (Lipinski definition) is 0. The van der Waals surface area contributed by atoms with Crippen molar-refractivity contribution in [1.29, 1.82) is 0 Å². The third-order valence-corrected chi connectivity index (χ3v) is 11.1. The first-order valence-electron chi connectivity index (χ1n) is 14.8. The van der Waals surface area contributed by atoms with E-state index in [-0.39, 0.29) is 0 Å². The van der Waals surface area contributed by atoms with E-state index in [2.05, 4.69) is 138 Å². The molecule has 1 aliphatic rings. The minimum atomic E-state index is 1.12. The number of hydrogen-bond acceptors (Lipinski definition) is 3. The number of benzene rings is 7. The van der Waals surface area contributed by atoms with Crippen LogP contribution in [0.4, 0.5) is 0 Å². The zero-order chi connectivity index (χ0) is 29.0. The van der Waals surface area contributed by atoms with Crippen LogP contribution in [0.1, 0.15) is 0 Å². The Hall–Kier alpha value is -4.83. The minimum absolute atomic E-state index is 1.12. The number of nitrogens with zero attached hydrogens (tertiary/aromatic N) is 1. The van der Waals surface area contributed by atoms with Crippen molar-refractivity contribution in [2.45, 2.75) is 19.6 Å². The highest BCUT2D eigenvalue weighted by atomic mass is 32.2. The van der Waals surface area contributed by atoms with E-state index in [0.29, 0.717) is 0 Å². The summed E-state index contributed by atoms with van der Waals surface area (Å²) >= 11 is 3.72. The molecule has 0 unspecified atom stereocenters. The minimum Gasteiger partial charge on any atom is -0.264 e. The summed E-state index contributed by atoms with van der Waals surface area (Å²) in [5.41, 5.74) is 7.12. The van der Waals surface area contributed by atoms with E-state index in [1.165, 1.54) is 79.7 Å². The van der Waals surface area contributed by atoms with E-state index in [1.54, 1.807) is 0 Å². The maximum atomic E-state index is 4.44. The molecule has 8 aromatic rings. The van der Waals surface area contributed by atoms with Crippen molar-refractivity contribution in [1.82, 2.24) is 4.98 Å². The van der Waals surface area contributed by atoms with Crippen molar-refractivity contribution in [2.24, 2.45) is 0 Å². The van der Waals surface area contributed by atoms with Crippen molar-refractivity contribution in [3.05, 3.63) is 152 Å². The molecule has 2 heterocycles. The van der Waals surface area contributed by atoms with E-state index in [4.69, 9.17) is 0 Å². The highest BCUT2D eigenvalue weighted by Crippen LogP contribution is 2.49. The molecule has 1 aromatic heterocycles. The molecule has 3 heteroatoms. The van der Waals surface area contributed by atoms with Crippen molar-refractivity contribution in [3.63, 3.8) is 0 Å². The lowest BCUT2D eigenvalue weighted by Gasteiger charge is -2.19. The van der Waals surface area contributed by atoms with Crippen molar-refractivity contribution in [2.75, 3.05) is 0 Å².